The van der Waals surface area contributed by atoms with E-state index in [1.54, 1.807) is 24.3 Å². The number of benzene rings is 2. The van der Waals surface area contributed by atoms with Gasteiger partial charge in [0.05, 0.1) is 12.0 Å². The van der Waals surface area contributed by atoms with E-state index in [1.807, 2.05) is 28.0 Å². The number of amides is 2. The quantitative estimate of drug-likeness (QED) is 0.763. The van der Waals surface area contributed by atoms with Crippen molar-refractivity contribution in [3.05, 3.63) is 70.7 Å². The van der Waals surface area contributed by atoms with Crippen molar-refractivity contribution in [2.75, 3.05) is 19.6 Å². The second-order valence-corrected chi connectivity index (χ2v) is 8.13. The predicted octanol–water partition coefficient (Wildman–Crippen LogP) is 4.56. The fourth-order valence-electron chi connectivity index (χ4n) is 4.42. The molecule has 2 amide bonds. The fraction of sp³-hybridized carbons (Fsp3) is 0.391. The Morgan fingerprint density at radius 1 is 0.893 bits per heavy atom. The molecule has 2 unspecified atom stereocenters. The molecule has 2 saturated heterocycles. The van der Waals surface area contributed by atoms with Gasteiger partial charge < -0.3 is 9.80 Å². The Kier molecular flexibility index (Phi) is 5.67. The van der Waals surface area contributed by atoms with E-state index in [1.165, 1.54) is 5.56 Å². The van der Waals surface area contributed by atoms with Gasteiger partial charge in [-0.1, -0.05) is 41.9 Å². The lowest BCUT2D eigenvalue weighted by Gasteiger charge is -2.35. The second-order valence-electron chi connectivity index (χ2n) is 7.70. The monoisotopic (exact) mass is 396 g/mol. The Balaban J connectivity index is 1.46. The largest absolute Gasteiger partial charge is 0.338 e. The minimum absolute atomic E-state index is 0.0183. The number of hydrogen-bond acceptors (Lipinski definition) is 2. The van der Waals surface area contributed by atoms with Crippen LogP contribution in [0.3, 0.4) is 0 Å². The maximum absolute atomic E-state index is 13.3. The molecule has 0 radical (unpaired) electrons. The van der Waals surface area contributed by atoms with Gasteiger partial charge in [0, 0.05) is 30.2 Å². The van der Waals surface area contributed by atoms with Crippen molar-refractivity contribution < 1.29 is 9.59 Å². The molecule has 0 bridgehead atoms. The van der Waals surface area contributed by atoms with E-state index in [4.69, 9.17) is 11.6 Å². The number of carbonyl (C=O) groups excluding carboxylic acids is 2. The third-order valence-electron chi connectivity index (χ3n) is 5.87. The average Bonchev–Trinajstić information content (AvgIpc) is 3.24. The van der Waals surface area contributed by atoms with Crippen LogP contribution in [0.25, 0.3) is 0 Å². The third kappa shape index (κ3) is 3.93. The molecular formula is C23H25ClN2O2. The van der Waals surface area contributed by atoms with Crippen molar-refractivity contribution in [3.8, 4) is 0 Å². The van der Waals surface area contributed by atoms with Crippen molar-refractivity contribution in [1.29, 1.82) is 0 Å². The van der Waals surface area contributed by atoms with Gasteiger partial charge in [0.15, 0.2) is 0 Å². The first-order valence-corrected chi connectivity index (χ1v) is 10.4. The smallest absolute Gasteiger partial charge is 0.253 e. The van der Waals surface area contributed by atoms with Crippen molar-refractivity contribution in [1.82, 2.24) is 9.80 Å². The maximum Gasteiger partial charge on any atom is 0.253 e. The molecule has 146 valence electrons. The van der Waals surface area contributed by atoms with Gasteiger partial charge in [-0.25, -0.2) is 0 Å². The summed E-state index contributed by atoms with van der Waals surface area (Å²) in [6.07, 6.45) is 3.75. The Morgan fingerprint density at radius 2 is 1.61 bits per heavy atom. The highest BCUT2D eigenvalue weighted by molar-refractivity contribution is 6.30. The number of carbonyl (C=O) groups is 2. The number of hydrogen-bond donors (Lipinski definition) is 0. The normalized spacial score (nSPS) is 22.3. The highest BCUT2D eigenvalue weighted by atomic mass is 35.5. The molecule has 0 aromatic heterocycles. The van der Waals surface area contributed by atoms with Crippen molar-refractivity contribution >= 4 is 23.4 Å². The molecular weight excluding hydrogens is 372 g/mol. The Morgan fingerprint density at radius 3 is 2.36 bits per heavy atom. The minimum Gasteiger partial charge on any atom is -0.338 e. The number of halogens is 1. The van der Waals surface area contributed by atoms with E-state index in [0.29, 0.717) is 23.7 Å². The summed E-state index contributed by atoms with van der Waals surface area (Å²) in [5.41, 5.74) is 1.83. The Labute approximate surface area is 171 Å². The summed E-state index contributed by atoms with van der Waals surface area (Å²) < 4.78 is 0. The van der Waals surface area contributed by atoms with E-state index in [9.17, 15) is 9.59 Å². The first kappa shape index (κ1) is 19.0. The number of nitrogens with zero attached hydrogens (tertiary/aromatic N) is 2. The standard InChI is InChI=1S/C23H25ClN2O2/c24-20-12-10-18(11-13-20)22(27)25-14-4-8-19(16-25)23(28)26-15-5-9-21(26)17-6-2-1-3-7-17/h1-3,6-7,10-13,19,21H,4-5,8-9,14-16H2. The molecule has 28 heavy (non-hydrogen) atoms. The molecule has 2 atom stereocenters. The Bertz CT molecular complexity index is 837. The van der Waals surface area contributed by atoms with E-state index >= 15 is 0 Å². The molecule has 5 heteroatoms. The lowest BCUT2D eigenvalue weighted by Crippen LogP contribution is -2.46. The summed E-state index contributed by atoms with van der Waals surface area (Å²) in [7, 11) is 0. The van der Waals surface area contributed by atoms with E-state index in [-0.39, 0.29) is 23.8 Å². The zero-order chi connectivity index (χ0) is 19.5. The molecule has 0 N–H and O–H groups in total. The molecule has 0 aliphatic carbocycles. The molecule has 4 rings (SSSR count). The van der Waals surface area contributed by atoms with E-state index in [0.717, 1.165) is 32.2 Å². The van der Waals surface area contributed by atoms with E-state index in [2.05, 4.69) is 12.1 Å². The summed E-state index contributed by atoms with van der Waals surface area (Å²) >= 11 is 5.93. The van der Waals surface area contributed by atoms with Crippen LogP contribution in [0.15, 0.2) is 54.6 Å². The summed E-state index contributed by atoms with van der Waals surface area (Å²) in [6.45, 7) is 2.01. The fourth-order valence-corrected chi connectivity index (χ4v) is 4.55. The van der Waals surface area contributed by atoms with Gasteiger partial charge in [-0.3, -0.25) is 9.59 Å². The molecule has 2 fully saturated rings. The van der Waals surface area contributed by atoms with Gasteiger partial charge in [-0.05, 0) is 55.5 Å². The lowest BCUT2D eigenvalue weighted by molar-refractivity contribution is -0.137. The van der Waals surface area contributed by atoms with Crippen LogP contribution in [-0.4, -0.2) is 41.2 Å². The molecule has 0 saturated carbocycles. The van der Waals surface area contributed by atoms with Crippen molar-refractivity contribution in [2.45, 2.75) is 31.7 Å². The lowest BCUT2D eigenvalue weighted by atomic mass is 9.94. The van der Waals surface area contributed by atoms with Crippen LogP contribution >= 0.6 is 11.6 Å². The molecule has 2 aromatic carbocycles. The SMILES string of the molecule is O=C(c1ccc(Cl)cc1)N1CCCC(C(=O)N2CCCC2c2ccccc2)C1. The van der Waals surface area contributed by atoms with Gasteiger partial charge in [-0.15, -0.1) is 0 Å². The zero-order valence-corrected chi connectivity index (χ0v) is 16.6. The van der Waals surface area contributed by atoms with Crippen molar-refractivity contribution in [2.24, 2.45) is 5.92 Å². The van der Waals surface area contributed by atoms with Gasteiger partial charge >= 0.3 is 0 Å². The van der Waals surface area contributed by atoms with Gasteiger partial charge in [0.1, 0.15) is 0 Å². The number of rotatable bonds is 3. The van der Waals surface area contributed by atoms with Crippen LogP contribution in [0.2, 0.25) is 5.02 Å². The van der Waals surface area contributed by atoms with E-state index < -0.39 is 0 Å². The van der Waals surface area contributed by atoms with Crippen LogP contribution in [0.1, 0.15) is 47.6 Å². The van der Waals surface area contributed by atoms with Crippen molar-refractivity contribution in [3.63, 3.8) is 0 Å². The van der Waals surface area contributed by atoms with Gasteiger partial charge in [0.2, 0.25) is 5.91 Å². The highest BCUT2D eigenvalue weighted by Gasteiger charge is 2.36. The first-order chi connectivity index (χ1) is 13.6. The van der Waals surface area contributed by atoms with Gasteiger partial charge in [0.25, 0.3) is 5.91 Å². The number of piperidine rings is 1. The summed E-state index contributed by atoms with van der Waals surface area (Å²) in [5.74, 6) is 0.0597. The number of likely N-dealkylation sites (tertiary alicyclic amines) is 2. The predicted molar refractivity (Wildman–Crippen MR) is 110 cm³/mol. The van der Waals surface area contributed by atoms with Crippen LogP contribution in [0, 0.1) is 5.92 Å². The third-order valence-corrected chi connectivity index (χ3v) is 6.12. The average molecular weight is 397 g/mol. The van der Waals surface area contributed by atoms with Crippen LogP contribution in [0.5, 0.6) is 0 Å². The molecule has 2 aromatic rings. The minimum atomic E-state index is -0.116. The highest BCUT2D eigenvalue weighted by Crippen LogP contribution is 2.34. The molecule has 4 nitrogen and oxygen atoms in total. The first-order valence-electron chi connectivity index (χ1n) is 10.0. The molecule has 2 heterocycles. The summed E-state index contributed by atoms with van der Waals surface area (Å²) in [4.78, 5) is 30.0. The molecule has 2 aliphatic heterocycles. The maximum atomic E-state index is 13.3. The molecule has 0 spiro atoms. The summed E-state index contributed by atoms with van der Waals surface area (Å²) in [6, 6.07) is 17.4. The van der Waals surface area contributed by atoms with Gasteiger partial charge in [-0.2, -0.15) is 0 Å². The zero-order valence-electron chi connectivity index (χ0n) is 15.9. The molecule has 2 aliphatic rings. The second kappa shape index (κ2) is 8.36. The van der Waals surface area contributed by atoms with Crippen LogP contribution in [0.4, 0.5) is 0 Å². The van der Waals surface area contributed by atoms with Crippen LogP contribution < -0.4 is 0 Å². The summed E-state index contributed by atoms with van der Waals surface area (Å²) in [5, 5.41) is 0.615. The Hall–Kier alpha value is -2.33. The van der Waals surface area contributed by atoms with Crippen LogP contribution in [-0.2, 0) is 4.79 Å². The topological polar surface area (TPSA) is 40.6 Å².